The van der Waals surface area contributed by atoms with Crippen LogP contribution < -0.4 is 10.6 Å². The van der Waals surface area contributed by atoms with E-state index in [9.17, 15) is 4.79 Å². The number of nitrogens with one attached hydrogen (secondary N) is 3. The molecule has 0 aliphatic rings. The van der Waals surface area contributed by atoms with Crippen molar-refractivity contribution >= 4 is 33.7 Å². The van der Waals surface area contributed by atoms with Crippen LogP contribution in [0, 0.1) is 0 Å². The molecule has 3 aromatic heterocycles. The predicted octanol–water partition coefficient (Wildman–Crippen LogP) is 4.39. The standard InChI is InChI=1S/C23H21N7O/c1-14(15-6-4-3-5-7-15)25-23(31)26-21-11-20-18(12-24-21)22(28-27-20)16-8-9-19-17(10-16)13-30(2)29-19/h3-14H,1-2H3,(H,27,28)(H2,24,25,26,31). The third-order valence-corrected chi connectivity index (χ3v) is 5.23. The number of carbonyl (C=O) groups is 1. The minimum Gasteiger partial charge on any atom is -0.331 e. The summed E-state index contributed by atoms with van der Waals surface area (Å²) < 4.78 is 1.79. The van der Waals surface area contributed by atoms with Crippen molar-refractivity contribution in [1.29, 1.82) is 0 Å². The topological polar surface area (TPSA) is 101 Å². The Morgan fingerprint density at radius 2 is 1.97 bits per heavy atom. The van der Waals surface area contributed by atoms with Gasteiger partial charge in [0.15, 0.2) is 0 Å². The second-order valence-corrected chi connectivity index (χ2v) is 7.49. The maximum absolute atomic E-state index is 12.4. The molecule has 0 aliphatic heterocycles. The number of aromatic nitrogens is 5. The molecule has 8 heteroatoms. The van der Waals surface area contributed by atoms with E-state index in [1.165, 1.54) is 0 Å². The van der Waals surface area contributed by atoms with Crippen LogP contribution in [0.25, 0.3) is 33.1 Å². The summed E-state index contributed by atoms with van der Waals surface area (Å²) >= 11 is 0. The quantitative estimate of drug-likeness (QED) is 0.408. The number of benzene rings is 2. The van der Waals surface area contributed by atoms with Gasteiger partial charge in [-0.3, -0.25) is 15.1 Å². The van der Waals surface area contributed by atoms with E-state index in [0.29, 0.717) is 5.82 Å². The highest BCUT2D eigenvalue weighted by molar-refractivity contribution is 5.97. The first-order valence-corrected chi connectivity index (χ1v) is 9.97. The van der Waals surface area contributed by atoms with Crippen LogP contribution >= 0.6 is 0 Å². The Morgan fingerprint density at radius 3 is 2.81 bits per heavy atom. The fourth-order valence-corrected chi connectivity index (χ4v) is 3.67. The molecule has 0 saturated heterocycles. The fourth-order valence-electron chi connectivity index (χ4n) is 3.67. The first-order valence-electron chi connectivity index (χ1n) is 9.97. The minimum absolute atomic E-state index is 0.119. The van der Waals surface area contributed by atoms with Gasteiger partial charge < -0.3 is 5.32 Å². The van der Waals surface area contributed by atoms with E-state index in [4.69, 9.17) is 0 Å². The zero-order valence-corrected chi connectivity index (χ0v) is 17.1. The summed E-state index contributed by atoms with van der Waals surface area (Å²) in [7, 11) is 1.90. The molecular formula is C23H21N7O. The highest BCUT2D eigenvalue weighted by Gasteiger charge is 2.13. The van der Waals surface area contributed by atoms with E-state index in [0.717, 1.165) is 38.6 Å². The van der Waals surface area contributed by atoms with Gasteiger partial charge in [-0.05, 0) is 24.6 Å². The number of amides is 2. The Bertz CT molecular complexity index is 1390. The summed E-state index contributed by atoms with van der Waals surface area (Å²) in [6.45, 7) is 1.94. The number of aromatic amines is 1. The highest BCUT2D eigenvalue weighted by atomic mass is 16.2. The second kappa shape index (κ2) is 7.56. The molecule has 0 aliphatic carbocycles. The van der Waals surface area contributed by atoms with Crippen LogP contribution in [0.5, 0.6) is 0 Å². The number of hydrogen-bond donors (Lipinski definition) is 3. The number of nitrogens with zero attached hydrogens (tertiary/aromatic N) is 4. The zero-order valence-electron chi connectivity index (χ0n) is 17.1. The first-order chi connectivity index (χ1) is 15.1. The van der Waals surface area contributed by atoms with Crippen molar-refractivity contribution in [1.82, 2.24) is 30.3 Å². The Kier molecular flexibility index (Phi) is 4.59. The first kappa shape index (κ1) is 18.8. The van der Waals surface area contributed by atoms with Crippen molar-refractivity contribution in [2.45, 2.75) is 13.0 Å². The number of H-pyrrole nitrogens is 1. The van der Waals surface area contributed by atoms with Gasteiger partial charge in [0.25, 0.3) is 0 Å². The number of urea groups is 1. The SMILES string of the molecule is CC(NC(=O)Nc1cc2[nH]nc(-c3ccc4nn(C)cc4c3)c2cn1)c1ccccc1. The Labute approximate surface area is 178 Å². The lowest BCUT2D eigenvalue weighted by atomic mass is 10.1. The number of pyridine rings is 1. The molecule has 154 valence electrons. The van der Waals surface area contributed by atoms with Crippen molar-refractivity contribution in [2.24, 2.45) is 7.05 Å². The maximum atomic E-state index is 12.4. The molecule has 5 rings (SSSR count). The number of fused-ring (bicyclic) bond motifs is 2. The molecule has 2 amide bonds. The molecule has 1 unspecified atom stereocenters. The average molecular weight is 411 g/mol. The Morgan fingerprint density at radius 1 is 1.13 bits per heavy atom. The Balaban J connectivity index is 1.35. The lowest BCUT2D eigenvalue weighted by Gasteiger charge is -2.14. The van der Waals surface area contributed by atoms with Crippen LogP contribution in [-0.4, -0.2) is 31.0 Å². The second-order valence-electron chi connectivity index (χ2n) is 7.49. The zero-order chi connectivity index (χ0) is 21.4. The molecule has 0 radical (unpaired) electrons. The molecule has 5 aromatic rings. The highest BCUT2D eigenvalue weighted by Crippen LogP contribution is 2.29. The van der Waals surface area contributed by atoms with Gasteiger partial charge in [0.1, 0.15) is 11.5 Å². The Hall–Kier alpha value is -4.20. The lowest BCUT2D eigenvalue weighted by molar-refractivity contribution is 0.249. The van der Waals surface area contributed by atoms with Gasteiger partial charge in [-0.15, -0.1) is 0 Å². The van der Waals surface area contributed by atoms with Crippen LogP contribution in [0.1, 0.15) is 18.5 Å². The summed E-state index contributed by atoms with van der Waals surface area (Å²) in [4.78, 5) is 16.8. The minimum atomic E-state index is -0.315. The van der Waals surface area contributed by atoms with Crippen LogP contribution in [-0.2, 0) is 7.05 Å². The lowest BCUT2D eigenvalue weighted by Crippen LogP contribution is -2.31. The van der Waals surface area contributed by atoms with Crippen molar-refractivity contribution in [3.05, 3.63) is 72.6 Å². The van der Waals surface area contributed by atoms with Crippen molar-refractivity contribution in [3.63, 3.8) is 0 Å². The monoisotopic (exact) mass is 411 g/mol. The molecule has 3 heterocycles. The largest absolute Gasteiger partial charge is 0.331 e. The molecule has 8 nitrogen and oxygen atoms in total. The normalized spacial score (nSPS) is 12.2. The average Bonchev–Trinajstić information content (AvgIpc) is 3.35. The van der Waals surface area contributed by atoms with E-state index in [1.54, 1.807) is 16.9 Å². The molecule has 0 spiro atoms. The summed E-state index contributed by atoms with van der Waals surface area (Å²) in [6.07, 6.45) is 3.70. The van der Waals surface area contributed by atoms with Gasteiger partial charge in [0.05, 0.1) is 17.1 Å². The van der Waals surface area contributed by atoms with Crippen LogP contribution in [0.2, 0.25) is 0 Å². The summed E-state index contributed by atoms with van der Waals surface area (Å²) in [5.74, 6) is 0.447. The number of anilines is 1. The number of carbonyl (C=O) groups excluding carboxylic acids is 1. The van der Waals surface area contributed by atoms with E-state index in [2.05, 4.69) is 37.0 Å². The maximum Gasteiger partial charge on any atom is 0.320 e. The van der Waals surface area contributed by atoms with Crippen LogP contribution in [0.3, 0.4) is 0 Å². The smallest absolute Gasteiger partial charge is 0.320 e. The number of rotatable bonds is 4. The number of hydrogen-bond acceptors (Lipinski definition) is 4. The van der Waals surface area contributed by atoms with Gasteiger partial charge >= 0.3 is 6.03 Å². The fraction of sp³-hybridized carbons (Fsp3) is 0.130. The van der Waals surface area contributed by atoms with Crippen LogP contribution in [0.4, 0.5) is 10.6 Å². The van der Waals surface area contributed by atoms with Gasteiger partial charge in [-0.2, -0.15) is 10.2 Å². The number of aryl methyl sites for hydroxylation is 1. The van der Waals surface area contributed by atoms with E-state index >= 15 is 0 Å². The molecular weight excluding hydrogens is 390 g/mol. The van der Waals surface area contributed by atoms with Crippen LogP contribution in [0.15, 0.2) is 67.0 Å². The molecule has 1 atom stereocenters. The summed E-state index contributed by atoms with van der Waals surface area (Å²) in [6, 6.07) is 17.2. The third kappa shape index (κ3) is 3.71. The van der Waals surface area contributed by atoms with Gasteiger partial charge in [-0.25, -0.2) is 9.78 Å². The van der Waals surface area contributed by atoms with Gasteiger partial charge in [0, 0.05) is 41.8 Å². The molecule has 0 saturated carbocycles. The molecule has 0 fully saturated rings. The summed E-state index contributed by atoms with van der Waals surface area (Å²) in [5, 5.41) is 19.6. The third-order valence-electron chi connectivity index (χ3n) is 5.23. The van der Waals surface area contributed by atoms with E-state index < -0.39 is 0 Å². The van der Waals surface area contributed by atoms with Gasteiger partial charge in [-0.1, -0.05) is 36.4 Å². The molecule has 3 N–H and O–H groups in total. The molecule has 0 bridgehead atoms. The summed E-state index contributed by atoms with van der Waals surface area (Å²) in [5.41, 5.74) is 4.55. The predicted molar refractivity (Wildman–Crippen MR) is 121 cm³/mol. The van der Waals surface area contributed by atoms with Crippen molar-refractivity contribution in [3.8, 4) is 11.3 Å². The molecule has 31 heavy (non-hydrogen) atoms. The van der Waals surface area contributed by atoms with Crippen molar-refractivity contribution < 1.29 is 4.79 Å². The van der Waals surface area contributed by atoms with E-state index in [-0.39, 0.29) is 12.1 Å². The van der Waals surface area contributed by atoms with Gasteiger partial charge in [0.2, 0.25) is 0 Å². The van der Waals surface area contributed by atoms with Crippen molar-refractivity contribution in [2.75, 3.05) is 5.32 Å². The van der Waals surface area contributed by atoms with E-state index in [1.807, 2.05) is 62.6 Å². The molecule has 2 aromatic carbocycles.